The van der Waals surface area contributed by atoms with Gasteiger partial charge >= 0.3 is 0 Å². The number of hydrogen-bond acceptors (Lipinski definition) is 3. The summed E-state index contributed by atoms with van der Waals surface area (Å²) in [5.74, 6) is 1.74. The van der Waals surface area contributed by atoms with Gasteiger partial charge in [0.1, 0.15) is 5.75 Å². The van der Waals surface area contributed by atoms with Crippen LogP contribution < -0.4 is 15.4 Å². The molecule has 1 aromatic carbocycles. The number of nitrogens with zero attached hydrogens (tertiary/aromatic N) is 1. The van der Waals surface area contributed by atoms with E-state index in [0.717, 1.165) is 17.0 Å². The topological polar surface area (TPSA) is 55.6 Å². The smallest absolute Gasteiger partial charge is 0.224 e. The van der Waals surface area contributed by atoms with Crippen LogP contribution in [0, 0.1) is 11.8 Å². The lowest BCUT2D eigenvalue weighted by atomic mass is 9.80. The molecule has 3 rings (SSSR count). The second-order valence-electron chi connectivity index (χ2n) is 6.03. The van der Waals surface area contributed by atoms with E-state index in [4.69, 9.17) is 10.5 Å². The molecule has 0 radical (unpaired) electrons. The number of amides is 1. The second-order valence-corrected chi connectivity index (χ2v) is 6.03. The summed E-state index contributed by atoms with van der Waals surface area (Å²) in [4.78, 5) is 14.1. The molecular weight excluding hydrogens is 252 g/mol. The van der Waals surface area contributed by atoms with Crippen molar-refractivity contribution >= 4 is 11.6 Å². The number of anilines is 1. The van der Waals surface area contributed by atoms with E-state index in [1.807, 2.05) is 23.1 Å². The minimum Gasteiger partial charge on any atom is -0.497 e. The molecule has 20 heavy (non-hydrogen) atoms. The van der Waals surface area contributed by atoms with Gasteiger partial charge in [0.2, 0.25) is 5.91 Å². The van der Waals surface area contributed by atoms with Gasteiger partial charge in [-0.3, -0.25) is 4.79 Å². The first-order valence-electron chi connectivity index (χ1n) is 7.28. The Morgan fingerprint density at radius 2 is 2.10 bits per heavy atom. The maximum Gasteiger partial charge on any atom is 0.224 e. The molecule has 0 bridgehead atoms. The van der Waals surface area contributed by atoms with Gasteiger partial charge in [-0.1, -0.05) is 13.0 Å². The predicted octanol–water partition coefficient (Wildman–Crippen LogP) is 2.48. The van der Waals surface area contributed by atoms with Crippen molar-refractivity contribution in [1.82, 2.24) is 0 Å². The molecule has 0 spiro atoms. The third-order valence-corrected chi connectivity index (χ3v) is 4.70. The number of rotatable bonds is 2. The molecule has 2 N–H and O–H groups in total. The summed E-state index contributed by atoms with van der Waals surface area (Å²) in [6.07, 6.45) is 2.40. The average Bonchev–Trinajstić information content (AvgIpc) is 3.25. The number of carbonyl (C=O) groups is 1. The highest BCUT2D eigenvalue weighted by Gasteiger charge is 2.46. The quantitative estimate of drug-likeness (QED) is 0.901. The molecule has 1 amide bonds. The second kappa shape index (κ2) is 4.77. The monoisotopic (exact) mass is 274 g/mol. The molecule has 1 heterocycles. The molecule has 1 fully saturated rings. The number of fused-ring (bicyclic) bond motifs is 1. The van der Waals surface area contributed by atoms with Crippen molar-refractivity contribution in [1.29, 1.82) is 0 Å². The van der Waals surface area contributed by atoms with Gasteiger partial charge in [0.15, 0.2) is 0 Å². The number of ether oxygens (including phenoxy) is 1. The Morgan fingerprint density at radius 3 is 2.65 bits per heavy atom. The van der Waals surface area contributed by atoms with Gasteiger partial charge in [-0.25, -0.2) is 0 Å². The highest BCUT2D eigenvalue weighted by atomic mass is 16.5. The van der Waals surface area contributed by atoms with Crippen LogP contribution in [0.25, 0.3) is 0 Å². The summed E-state index contributed by atoms with van der Waals surface area (Å²) in [6.45, 7) is 3.80. The molecule has 108 valence electrons. The summed E-state index contributed by atoms with van der Waals surface area (Å²) in [7, 11) is 1.64. The Balaban J connectivity index is 2.12. The molecule has 3 unspecified atom stereocenters. The normalized spacial score (nSPS) is 29.0. The van der Waals surface area contributed by atoms with Crippen LogP contribution in [-0.2, 0) is 4.79 Å². The van der Waals surface area contributed by atoms with Gasteiger partial charge in [-0.05, 0) is 36.3 Å². The largest absolute Gasteiger partial charge is 0.497 e. The summed E-state index contributed by atoms with van der Waals surface area (Å²) >= 11 is 0. The Bertz CT molecular complexity index is 539. The molecule has 1 aliphatic carbocycles. The van der Waals surface area contributed by atoms with Crippen LogP contribution in [-0.4, -0.2) is 19.1 Å². The summed E-state index contributed by atoms with van der Waals surface area (Å²) < 4.78 is 5.30. The maximum atomic E-state index is 12.2. The van der Waals surface area contributed by atoms with E-state index in [1.165, 1.54) is 12.8 Å². The first kappa shape index (κ1) is 13.4. The van der Waals surface area contributed by atoms with Crippen LogP contribution in [0.15, 0.2) is 18.2 Å². The molecule has 2 aliphatic rings. The number of hydrogen-bond donors (Lipinski definition) is 1. The molecule has 0 aromatic heterocycles. The van der Waals surface area contributed by atoms with Crippen LogP contribution in [0.3, 0.4) is 0 Å². The Labute approximate surface area is 119 Å². The van der Waals surface area contributed by atoms with Crippen molar-refractivity contribution in [3.05, 3.63) is 23.8 Å². The van der Waals surface area contributed by atoms with Gasteiger partial charge in [0, 0.05) is 25.1 Å². The lowest BCUT2D eigenvalue weighted by molar-refractivity contribution is -0.117. The number of carbonyl (C=O) groups excluding carboxylic acids is 1. The minimum absolute atomic E-state index is 0.0166. The van der Waals surface area contributed by atoms with Crippen LogP contribution in [0.5, 0.6) is 5.75 Å². The van der Waals surface area contributed by atoms with E-state index >= 15 is 0 Å². The molecule has 3 atom stereocenters. The zero-order valence-electron chi connectivity index (χ0n) is 12.3. The fourth-order valence-corrected chi connectivity index (χ4v) is 3.49. The van der Waals surface area contributed by atoms with Crippen LogP contribution in [0.4, 0.5) is 5.69 Å². The van der Waals surface area contributed by atoms with Crippen molar-refractivity contribution in [2.24, 2.45) is 17.6 Å². The molecule has 4 nitrogen and oxygen atoms in total. The summed E-state index contributed by atoms with van der Waals surface area (Å²) in [5, 5.41) is 0. The molecule has 1 aliphatic heterocycles. The lowest BCUT2D eigenvalue weighted by Gasteiger charge is -2.44. The molecule has 4 heteroatoms. The predicted molar refractivity (Wildman–Crippen MR) is 78.8 cm³/mol. The first-order valence-corrected chi connectivity index (χ1v) is 7.28. The van der Waals surface area contributed by atoms with E-state index in [9.17, 15) is 4.79 Å². The van der Waals surface area contributed by atoms with Gasteiger partial charge in [0.25, 0.3) is 0 Å². The van der Waals surface area contributed by atoms with Crippen molar-refractivity contribution in [2.75, 3.05) is 12.0 Å². The van der Waals surface area contributed by atoms with E-state index < -0.39 is 0 Å². The molecule has 0 saturated heterocycles. The van der Waals surface area contributed by atoms with Gasteiger partial charge in [0.05, 0.1) is 12.8 Å². The van der Waals surface area contributed by atoms with Crippen LogP contribution in [0.2, 0.25) is 0 Å². The first-order chi connectivity index (χ1) is 9.54. The summed E-state index contributed by atoms with van der Waals surface area (Å²) in [6, 6.07) is 6.06. The summed E-state index contributed by atoms with van der Waals surface area (Å²) in [5.41, 5.74) is 8.40. The Morgan fingerprint density at radius 1 is 1.40 bits per heavy atom. The number of methoxy groups -OCH3 is 1. The van der Waals surface area contributed by atoms with Crippen molar-refractivity contribution < 1.29 is 9.53 Å². The van der Waals surface area contributed by atoms with Gasteiger partial charge in [-0.2, -0.15) is 0 Å². The fourth-order valence-electron chi connectivity index (χ4n) is 3.49. The molecular formula is C16H22N2O2. The van der Waals surface area contributed by atoms with Crippen molar-refractivity contribution in [3.63, 3.8) is 0 Å². The zero-order valence-corrected chi connectivity index (χ0v) is 12.3. The van der Waals surface area contributed by atoms with E-state index in [2.05, 4.69) is 6.92 Å². The fraction of sp³-hybridized carbons (Fsp3) is 0.562. The highest BCUT2D eigenvalue weighted by Crippen LogP contribution is 2.48. The van der Waals surface area contributed by atoms with E-state index in [1.54, 1.807) is 14.0 Å². The zero-order chi connectivity index (χ0) is 14.4. The third kappa shape index (κ3) is 1.99. The third-order valence-electron chi connectivity index (χ3n) is 4.70. The van der Waals surface area contributed by atoms with E-state index in [0.29, 0.717) is 5.92 Å². The van der Waals surface area contributed by atoms with Crippen LogP contribution >= 0.6 is 0 Å². The standard InChI is InChI=1S/C16H22N2O2/c1-9-15(17)13-7-6-12(20-3)8-14(13)18(10(2)19)16(9)11-4-5-11/h6-9,11,15-16H,4-5,17H2,1-3H3. The van der Waals surface area contributed by atoms with Gasteiger partial charge < -0.3 is 15.4 Å². The lowest BCUT2D eigenvalue weighted by Crippen LogP contribution is -2.51. The highest BCUT2D eigenvalue weighted by molar-refractivity contribution is 5.94. The average molecular weight is 274 g/mol. The Kier molecular flexibility index (Phi) is 3.21. The maximum absolute atomic E-state index is 12.2. The molecule has 1 saturated carbocycles. The minimum atomic E-state index is -0.0166. The number of nitrogens with two attached hydrogens (primary N) is 1. The van der Waals surface area contributed by atoms with Crippen molar-refractivity contribution in [2.45, 2.75) is 38.8 Å². The van der Waals surface area contributed by atoms with Crippen molar-refractivity contribution in [3.8, 4) is 5.75 Å². The number of benzene rings is 1. The Hall–Kier alpha value is -1.55. The SMILES string of the molecule is COc1ccc2c(c1)N(C(C)=O)C(C1CC1)C(C)C2N. The van der Waals surface area contributed by atoms with E-state index in [-0.39, 0.29) is 23.9 Å². The van der Waals surface area contributed by atoms with Gasteiger partial charge in [-0.15, -0.1) is 0 Å². The van der Waals surface area contributed by atoms with Crippen LogP contribution in [0.1, 0.15) is 38.3 Å². The molecule has 1 aromatic rings.